The fourth-order valence-corrected chi connectivity index (χ4v) is 2.93. The molecule has 1 aromatic carbocycles. The van der Waals surface area contributed by atoms with Crippen molar-refractivity contribution in [3.05, 3.63) is 24.3 Å². The molecular weight excluding hydrogens is 292 g/mol. The van der Waals surface area contributed by atoms with Gasteiger partial charge in [0.05, 0.1) is 6.61 Å². The summed E-state index contributed by atoms with van der Waals surface area (Å²) in [4.78, 5) is 16.0. The van der Waals surface area contributed by atoms with Crippen molar-refractivity contribution in [2.24, 2.45) is 0 Å². The van der Waals surface area contributed by atoms with Gasteiger partial charge in [-0.1, -0.05) is 12.5 Å². The summed E-state index contributed by atoms with van der Waals surface area (Å²) in [5, 5.41) is 9.57. The van der Waals surface area contributed by atoms with Gasteiger partial charge in [0.1, 0.15) is 5.75 Å². The summed E-state index contributed by atoms with van der Waals surface area (Å²) in [6.07, 6.45) is 3.67. The molecule has 0 aliphatic carbocycles. The van der Waals surface area contributed by atoms with Crippen molar-refractivity contribution in [3.8, 4) is 5.75 Å². The van der Waals surface area contributed by atoms with E-state index in [9.17, 15) is 9.90 Å². The van der Waals surface area contributed by atoms with Crippen molar-refractivity contribution < 1.29 is 14.6 Å². The minimum absolute atomic E-state index is 0.0766. The number of carbonyl (C=O) groups is 1. The summed E-state index contributed by atoms with van der Waals surface area (Å²) in [7, 11) is 0. The van der Waals surface area contributed by atoms with Crippen LogP contribution in [0.2, 0.25) is 0 Å². The maximum absolute atomic E-state index is 11.2. The summed E-state index contributed by atoms with van der Waals surface area (Å²) in [5.74, 6) is 0.249. The van der Waals surface area contributed by atoms with Gasteiger partial charge < -0.3 is 14.7 Å². The Morgan fingerprint density at radius 1 is 1.17 bits per heavy atom. The molecule has 1 N–H and O–H groups in total. The second-order valence-electron chi connectivity index (χ2n) is 5.96. The average Bonchev–Trinajstić information content (AvgIpc) is 2.55. The van der Waals surface area contributed by atoms with Crippen molar-refractivity contribution in [1.82, 2.24) is 4.90 Å². The summed E-state index contributed by atoms with van der Waals surface area (Å²) < 4.78 is 4.93. The highest BCUT2D eigenvalue weighted by molar-refractivity contribution is 5.69. The summed E-state index contributed by atoms with van der Waals surface area (Å²) in [5.41, 5.74) is 1.10. The van der Waals surface area contributed by atoms with Crippen LogP contribution >= 0.6 is 0 Å². The zero-order valence-electron chi connectivity index (χ0n) is 14.0. The molecule has 0 spiro atoms. The molecule has 0 saturated carbocycles. The van der Waals surface area contributed by atoms with Gasteiger partial charge in [-0.25, -0.2) is 0 Å². The van der Waals surface area contributed by atoms with E-state index in [0.29, 0.717) is 18.8 Å². The van der Waals surface area contributed by atoms with Gasteiger partial charge in [0.25, 0.3) is 0 Å². The highest BCUT2D eigenvalue weighted by atomic mass is 16.5. The lowest BCUT2D eigenvalue weighted by Crippen LogP contribution is -2.46. The molecule has 23 heavy (non-hydrogen) atoms. The number of hydrogen-bond acceptors (Lipinski definition) is 5. The molecule has 1 heterocycles. The van der Waals surface area contributed by atoms with Crippen LogP contribution < -0.4 is 4.90 Å². The minimum Gasteiger partial charge on any atom is -0.508 e. The lowest BCUT2D eigenvalue weighted by molar-refractivity contribution is -0.143. The van der Waals surface area contributed by atoms with Crippen LogP contribution in [0.1, 0.15) is 32.6 Å². The van der Waals surface area contributed by atoms with Crippen molar-refractivity contribution >= 4 is 11.7 Å². The van der Waals surface area contributed by atoms with Gasteiger partial charge in [-0.05, 0) is 38.4 Å². The number of phenolic OH excluding ortho intramolecular Hbond substituents is 1. The van der Waals surface area contributed by atoms with E-state index in [1.54, 1.807) is 6.07 Å². The topological polar surface area (TPSA) is 53.0 Å². The largest absolute Gasteiger partial charge is 0.508 e. The highest BCUT2D eigenvalue weighted by Crippen LogP contribution is 2.21. The summed E-state index contributed by atoms with van der Waals surface area (Å²) in [6, 6.07) is 7.46. The standard InChI is InChI=1S/C18H28N2O3/c1-2-23-18(22)9-4-3-5-10-19-11-13-20(14-12-19)16-7-6-8-17(21)15-16/h6-8,15,21H,2-5,9-14H2,1H3. The molecule has 0 aromatic heterocycles. The van der Waals surface area contributed by atoms with E-state index in [1.807, 2.05) is 25.1 Å². The van der Waals surface area contributed by atoms with Crippen LogP contribution in [-0.2, 0) is 9.53 Å². The molecule has 1 aliphatic heterocycles. The molecule has 0 radical (unpaired) electrons. The number of esters is 1. The molecule has 2 rings (SSSR count). The molecule has 0 unspecified atom stereocenters. The number of unbranched alkanes of at least 4 members (excludes halogenated alkanes) is 2. The fourth-order valence-electron chi connectivity index (χ4n) is 2.93. The first kappa shape index (κ1) is 17.6. The molecule has 0 bridgehead atoms. The number of phenols is 1. The zero-order chi connectivity index (χ0) is 16.5. The van der Waals surface area contributed by atoms with Gasteiger partial charge in [0.15, 0.2) is 0 Å². The third-order valence-electron chi connectivity index (χ3n) is 4.23. The number of benzene rings is 1. The maximum Gasteiger partial charge on any atom is 0.305 e. The van der Waals surface area contributed by atoms with Crippen LogP contribution in [0.3, 0.4) is 0 Å². The molecule has 0 amide bonds. The van der Waals surface area contributed by atoms with Crippen molar-refractivity contribution in [1.29, 1.82) is 0 Å². The minimum atomic E-state index is -0.0766. The van der Waals surface area contributed by atoms with Crippen molar-refractivity contribution in [2.45, 2.75) is 32.6 Å². The van der Waals surface area contributed by atoms with E-state index in [0.717, 1.165) is 57.7 Å². The van der Waals surface area contributed by atoms with Gasteiger partial charge in [-0.2, -0.15) is 0 Å². The van der Waals surface area contributed by atoms with Crippen LogP contribution in [0.4, 0.5) is 5.69 Å². The Labute approximate surface area is 138 Å². The Morgan fingerprint density at radius 3 is 2.65 bits per heavy atom. The zero-order valence-corrected chi connectivity index (χ0v) is 14.0. The number of nitrogens with zero attached hydrogens (tertiary/aromatic N) is 2. The number of aromatic hydroxyl groups is 1. The number of carbonyl (C=O) groups excluding carboxylic acids is 1. The normalized spacial score (nSPS) is 15.6. The number of ether oxygens (including phenoxy) is 1. The molecule has 5 nitrogen and oxygen atoms in total. The Morgan fingerprint density at radius 2 is 1.96 bits per heavy atom. The number of piperazine rings is 1. The maximum atomic E-state index is 11.2. The first-order valence-corrected chi connectivity index (χ1v) is 8.61. The third-order valence-corrected chi connectivity index (χ3v) is 4.23. The average molecular weight is 320 g/mol. The smallest absolute Gasteiger partial charge is 0.305 e. The Balaban J connectivity index is 1.59. The molecule has 0 atom stereocenters. The van der Waals surface area contributed by atoms with Crippen LogP contribution in [0.15, 0.2) is 24.3 Å². The number of hydrogen-bond donors (Lipinski definition) is 1. The molecule has 1 aromatic rings. The van der Waals surface area contributed by atoms with Gasteiger partial charge in [0.2, 0.25) is 0 Å². The van der Waals surface area contributed by atoms with E-state index in [1.165, 1.54) is 0 Å². The van der Waals surface area contributed by atoms with E-state index >= 15 is 0 Å². The molecule has 1 saturated heterocycles. The van der Waals surface area contributed by atoms with E-state index < -0.39 is 0 Å². The first-order chi connectivity index (χ1) is 11.2. The SMILES string of the molecule is CCOC(=O)CCCCCN1CCN(c2cccc(O)c2)CC1. The van der Waals surface area contributed by atoms with Gasteiger partial charge >= 0.3 is 5.97 Å². The molecular formula is C18H28N2O3. The first-order valence-electron chi connectivity index (χ1n) is 8.61. The molecule has 1 fully saturated rings. The number of anilines is 1. The van der Waals surface area contributed by atoms with Crippen LogP contribution in [0.5, 0.6) is 5.75 Å². The number of rotatable bonds is 8. The van der Waals surface area contributed by atoms with Crippen molar-refractivity contribution in [3.63, 3.8) is 0 Å². The quantitative estimate of drug-likeness (QED) is 0.589. The van der Waals surface area contributed by atoms with Crippen LogP contribution in [-0.4, -0.2) is 55.3 Å². The summed E-state index contributed by atoms with van der Waals surface area (Å²) in [6.45, 7) is 7.49. The molecule has 1 aliphatic rings. The van der Waals surface area contributed by atoms with Gasteiger partial charge in [0, 0.05) is 44.4 Å². The van der Waals surface area contributed by atoms with Crippen LogP contribution in [0, 0.1) is 0 Å². The van der Waals surface area contributed by atoms with E-state index in [-0.39, 0.29) is 5.97 Å². The Bertz CT molecular complexity index is 485. The molecule has 128 valence electrons. The predicted octanol–water partition coefficient (Wildman–Crippen LogP) is 2.64. The van der Waals surface area contributed by atoms with Gasteiger partial charge in [-0.3, -0.25) is 9.69 Å². The monoisotopic (exact) mass is 320 g/mol. The lowest BCUT2D eigenvalue weighted by atomic mass is 10.1. The van der Waals surface area contributed by atoms with E-state index in [4.69, 9.17) is 4.74 Å². The van der Waals surface area contributed by atoms with Crippen molar-refractivity contribution in [2.75, 3.05) is 44.2 Å². The van der Waals surface area contributed by atoms with Gasteiger partial charge in [-0.15, -0.1) is 0 Å². The molecule has 5 heteroatoms. The Kier molecular flexibility index (Phi) is 7.20. The van der Waals surface area contributed by atoms with E-state index in [2.05, 4.69) is 9.80 Å². The second kappa shape index (κ2) is 9.40. The summed E-state index contributed by atoms with van der Waals surface area (Å²) >= 11 is 0. The second-order valence-corrected chi connectivity index (χ2v) is 5.96. The Hall–Kier alpha value is -1.75. The predicted molar refractivity (Wildman–Crippen MR) is 91.9 cm³/mol. The third kappa shape index (κ3) is 6.10. The lowest BCUT2D eigenvalue weighted by Gasteiger charge is -2.36. The fraction of sp³-hybridized carbons (Fsp3) is 0.611. The highest BCUT2D eigenvalue weighted by Gasteiger charge is 2.16. The van der Waals surface area contributed by atoms with Crippen LogP contribution in [0.25, 0.3) is 0 Å².